The van der Waals surface area contributed by atoms with Gasteiger partial charge in [-0.25, -0.2) is 0 Å². The van der Waals surface area contributed by atoms with E-state index in [4.69, 9.17) is 11.6 Å². The van der Waals surface area contributed by atoms with Crippen molar-refractivity contribution in [2.75, 3.05) is 0 Å². The highest BCUT2D eigenvalue weighted by Crippen LogP contribution is 2.27. The summed E-state index contributed by atoms with van der Waals surface area (Å²) in [5, 5.41) is 4.34. The van der Waals surface area contributed by atoms with Crippen LogP contribution in [0.5, 0.6) is 0 Å². The Balaban J connectivity index is 2.15. The van der Waals surface area contributed by atoms with Crippen LogP contribution in [0.1, 0.15) is 22.1 Å². The SMILES string of the molecule is Cc1ccccc1C(Cl)Cc1ccsc1. The molecule has 2 heteroatoms. The first-order valence-electron chi connectivity index (χ1n) is 4.98. The summed E-state index contributed by atoms with van der Waals surface area (Å²) in [6, 6.07) is 10.5. The average Bonchev–Trinajstić information content (AvgIpc) is 2.71. The van der Waals surface area contributed by atoms with E-state index in [9.17, 15) is 0 Å². The highest BCUT2D eigenvalue weighted by molar-refractivity contribution is 7.07. The molecular formula is C13H13ClS. The highest BCUT2D eigenvalue weighted by Gasteiger charge is 2.10. The normalized spacial score (nSPS) is 12.7. The van der Waals surface area contributed by atoms with Gasteiger partial charge in [0.2, 0.25) is 0 Å². The summed E-state index contributed by atoms with van der Waals surface area (Å²) in [4.78, 5) is 0. The zero-order valence-corrected chi connectivity index (χ0v) is 10.2. The van der Waals surface area contributed by atoms with Crippen LogP contribution in [0.2, 0.25) is 0 Å². The molecule has 0 spiro atoms. The molecule has 0 fully saturated rings. The lowest BCUT2D eigenvalue weighted by Gasteiger charge is -2.11. The van der Waals surface area contributed by atoms with Gasteiger partial charge in [-0.1, -0.05) is 24.3 Å². The van der Waals surface area contributed by atoms with Gasteiger partial charge >= 0.3 is 0 Å². The van der Waals surface area contributed by atoms with E-state index in [0.29, 0.717) is 0 Å². The predicted molar refractivity (Wildman–Crippen MR) is 67.8 cm³/mol. The van der Waals surface area contributed by atoms with Crippen molar-refractivity contribution >= 4 is 22.9 Å². The summed E-state index contributed by atoms with van der Waals surface area (Å²) < 4.78 is 0. The molecule has 0 saturated carbocycles. The maximum atomic E-state index is 6.41. The molecule has 1 unspecified atom stereocenters. The van der Waals surface area contributed by atoms with Gasteiger partial charge in [-0.3, -0.25) is 0 Å². The fraction of sp³-hybridized carbons (Fsp3) is 0.231. The monoisotopic (exact) mass is 236 g/mol. The summed E-state index contributed by atoms with van der Waals surface area (Å²) in [6.07, 6.45) is 0.913. The van der Waals surface area contributed by atoms with E-state index in [1.165, 1.54) is 16.7 Å². The van der Waals surface area contributed by atoms with Gasteiger partial charge in [0.1, 0.15) is 0 Å². The third kappa shape index (κ3) is 2.61. The Morgan fingerprint density at radius 2 is 2.07 bits per heavy atom. The molecule has 0 radical (unpaired) electrons. The summed E-state index contributed by atoms with van der Waals surface area (Å²) in [5.41, 5.74) is 3.83. The number of hydrogen-bond donors (Lipinski definition) is 0. The Kier molecular flexibility index (Phi) is 3.45. The first-order chi connectivity index (χ1) is 7.27. The van der Waals surface area contributed by atoms with Gasteiger partial charge in [-0.15, -0.1) is 11.6 Å². The van der Waals surface area contributed by atoms with Crippen molar-refractivity contribution in [3.05, 3.63) is 57.8 Å². The molecule has 2 rings (SSSR count). The third-order valence-corrected chi connectivity index (χ3v) is 3.64. The second kappa shape index (κ2) is 4.82. The van der Waals surface area contributed by atoms with Crippen LogP contribution in [0.25, 0.3) is 0 Å². The molecule has 15 heavy (non-hydrogen) atoms. The standard InChI is InChI=1S/C13H13ClS/c1-10-4-2-3-5-12(10)13(14)8-11-6-7-15-9-11/h2-7,9,13H,8H2,1H3. The van der Waals surface area contributed by atoms with E-state index in [0.717, 1.165) is 6.42 Å². The fourth-order valence-electron chi connectivity index (χ4n) is 1.66. The topological polar surface area (TPSA) is 0 Å². The zero-order valence-electron chi connectivity index (χ0n) is 8.61. The smallest absolute Gasteiger partial charge is 0.0628 e. The van der Waals surface area contributed by atoms with Gasteiger partial charge < -0.3 is 0 Å². The molecular weight excluding hydrogens is 224 g/mol. The summed E-state index contributed by atoms with van der Waals surface area (Å²) >= 11 is 8.13. The number of halogens is 1. The lowest BCUT2D eigenvalue weighted by molar-refractivity contribution is 0.914. The van der Waals surface area contributed by atoms with Crippen LogP contribution in [0.3, 0.4) is 0 Å². The number of benzene rings is 1. The van der Waals surface area contributed by atoms with Crippen molar-refractivity contribution in [2.45, 2.75) is 18.7 Å². The Labute approximate surface area is 99.5 Å². The number of rotatable bonds is 3. The van der Waals surface area contributed by atoms with Crippen LogP contribution in [-0.4, -0.2) is 0 Å². The number of aryl methyl sites for hydroxylation is 1. The van der Waals surface area contributed by atoms with E-state index in [1.54, 1.807) is 11.3 Å². The van der Waals surface area contributed by atoms with Gasteiger partial charge in [0, 0.05) is 0 Å². The summed E-state index contributed by atoms with van der Waals surface area (Å²) in [6.45, 7) is 2.11. The van der Waals surface area contributed by atoms with E-state index in [1.807, 2.05) is 12.1 Å². The molecule has 1 aromatic carbocycles. The molecule has 1 aromatic heterocycles. The number of hydrogen-bond acceptors (Lipinski definition) is 1. The quantitative estimate of drug-likeness (QED) is 0.685. The maximum absolute atomic E-state index is 6.41. The molecule has 0 aliphatic heterocycles. The van der Waals surface area contributed by atoms with Crippen molar-refractivity contribution in [1.82, 2.24) is 0 Å². The largest absolute Gasteiger partial charge is 0.152 e. The van der Waals surface area contributed by atoms with Crippen LogP contribution in [-0.2, 0) is 6.42 Å². The molecule has 78 valence electrons. The van der Waals surface area contributed by atoms with E-state index < -0.39 is 0 Å². The Hall–Kier alpha value is -0.790. The minimum atomic E-state index is 0.0841. The van der Waals surface area contributed by atoms with Crippen LogP contribution in [0.15, 0.2) is 41.1 Å². The van der Waals surface area contributed by atoms with Gasteiger partial charge in [0.05, 0.1) is 5.38 Å². The maximum Gasteiger partial charge on any atom is 0.0628 e. The number of thiophene rings is 1. The van der Waals surface area contributed by atoms with E-state index in [-0.39, 0.29) is 5.38 Å². The third-order valence-electron chi connectivity index (χ3n) is 2.52. The highest BCUT2D eigenvalue weighted by atomic mass is 35.5. The molecule has 0 amide bonds. The zero-order chi connectivity index (χ0) is 10.7. The van der Waals surface area contributed by atoms with E-state index in [2.05, 4.69) is 35.9 Å². The lowest BCUT2D eigenvalue weighted by atomic mass is 10.0. The summed E-state index contributed by atoms with van der Waals surface area (Å²) in [7, 11) is 0. The van der Waals surface area contributed by atoms with E-state index >= 15 is 0 Å². The minimum Gasteiger partial charge on any atom is -0.152 e. The lowest BCUT2D eigenvalue weighted by Crippen LogP contribution is -1.97. The first kappa shape index (κ1) is 10.7. The molecule has 0 nitrogen and oxygen atoms in total. The fourth-order valence-corrected chi connectivity index (χ4v) is 2.77. The van der Waals surface area contributed by atoms with Crippen molar-refractivity contribution < 1.29 is 0 Å². The molecule has 0 saturated heterocycles. The van der Waals surface area contributed by atoms with Gasteiger partial charge in [0.15, 0.2) is 0 Å². The van der Waals surface area contributed by atoms with Crippen molar-refractivity contribution in [2.24, 2.45) is 0 Å². The number of alkyl halides is 1. The molecule has 2 aromatic rings. The Morgan fingerprint density at radius 1 is 1.27 bits per heavy atom. The summed E-state index contributed by atoms with van der Waals surface area (Å²) in [5.74, 6) is 0. The molecule has 1 atom stereocenters. The molecule has 0 N–H and O–H groups in total. The first-order valence-corrected chi connectivity index (χ1v) is 6.36. The van der Waals surface area contributed by atoms with Gasteiger partial charge in [-0.05, 0) is 46.9 Å². The Bertz CT molecular complexity index is 420. The molecule has 0 bridgehead atoms. The predicted octanol–water partition coefficient (Wildman–Crippen LogP) is 4.58. The van der Waals surface area contributed by atoms with Gasteiger partial charge in [-0.2, -0.15) is 11.3 Å². The Morgan fingerprint density at radius 3 is 2.73 bits per heavy atom. The second-order valence-electron chi connectivity index (χ2n) is 3.66. The van der Waals surface area contributed by atoms with Crippen molar-refractivity contribution in [3.63, 3.8) is 0 Å². The van der Waals surface area contributed by atoms with Gasteiger partial charge in [0.25, 0.3) is 0 Å². The van der Waals surface area contributed by atoms with Crippen LogP contribution >= 0.6 is 22.9 Å². The second-order valence-corrected chi connectivity index (χ2v) is 4.97. The molecule has 0 aliphatic carbocycles. The average molecular weight is 237 g/mol. The van der Waals surface area contributed by atoms with Crippen molar-refractivity contribution in [3.8, 4) is 0 Å². The molecule has 0 aliphatic rings. The van der Waals surface area contributed by atoms with Crippen LogP contribution < -0.4 is 0 Å². The van der Waals surface area contributed by atoms with Crippen LogP contribution in [0, 0.1) is 6.92 Å². The minimum absolute atomic E-state index is 0.0841. The van der Waals surface area contributed by atoms with Crippen molar-refractivity contribution in [1.29, 1.82) is 0 Å². The van der Waals surface area contributed by atoms with Crippen LogP contribution in [0.4, 0.5) is 0 Å². The molecule has 1 heterocycles.